The number of aryl methyl sites for hydroxylation is 2. The fourth-order valence-corrected chi connectivity index (χ4v) is 2.49. The average molecular weight is 296 g/mol. The number of esters is 1. The third-order valence-corrected chi connectivity index (χ3v) is 3.62. The summed E-state index contributed by atoms with van der Waals surface area (Å²) < 4.78 is 5.12. The van der Waals surface area contributed by atoms with Crippen molar-refractivity contribution >= 4 is 17.7 Å². The minimum absolute atomic E-state index is 0.303. The molecular weight excluding hydrogens is 272 g/mol. The van der Waals surface area contributed by atoms with Gasteiger partial charge in [-0.3, -0.25) is 0 Å². The van der Waals surface area contributed by atoms with Crippen LogP contribution in [-0.4, -0.2) is 28.8 Å². The molecule has 0 N–H and O–H groups in total. The van der Waals surface area contributed by atoms with Crippen LogP contribution in [0.1, 0.15) is 61.3 Å². The number of hydrogen-bond donors (Lipinski definition) is 0. The number of nitrogens with zero attached hydrogens (tertiary/aromatic N) is 2. The number of ether oxygens (including phenoxy) is 1. The summed E-state index contributed by atoms with van der Waals surface area (Å²) in [6, 6.07) is 0. The van der Waals surface area contributed by atoms with Crippen LogP contribution in [0.25, 0.3) is 0 Å². The molecule has 20 heavy (non-hydrogen) atoms. The van der Waals surface area contributed by atoms with Gasteiger partial charge in [-0.2, -0.15) is 0 Å². The van der Waals surface area contributed by atoms with Crippen LogP contribution in [0.15, 0.2) is 5.16 Å². The van der Waals surface area contributed by atoms with Crippen LogP contribution >= 0.6 is 11.8 Å². The van der Waals surface area contributed by atoms with Crippen molar-refractivity contribution in [3.8, 4) is 0 Å². The van der Waals surface area contributed by atoms with Gasteiger partial charge in [-0.25, -0.2) is 14.8 Å². The molecule has 0 atom stereocenters. The van der Waals surface area contributed by atoms with E-state index in [1.165, 1.54) is 24.6 Å². The van der Waals surface area contributed by atoms with E-state index in [1.54, 1.807) is 0 Å². The molecule has 5 heteroatoms. The molecule has 0 unspecified atom stereocenters. The van der Waals surface area contributed by atoms with Gasteiger partial charge in [0, 0.05) is 0 Å². The predicted octanol–water partition coefficient (Wildman–Crippen LogP) is 3.81. The van der Waals surface area contributed by atoms with Gasteiger partial charge >= 0.3 is 5.97 Å². The molecule has 0 saturated heterocycles. The fourth-order valence-electron chi connectivity index (χ4n) is 2.06. The SMILES string of the molecule is CCCCCCc1nc(SC)nc(C)c1C(=O)OCC. The first-order chi connectivity index (χ1) is 9.63. The lowest BCUT2D eigenvalue weighted by molar-refractivity contribution is 0.0522. The molecule has 0 aromatic carbocycles. The zero-order chi connectivity index (χ0) is 15.0. The topological polar surface area (TPSA) is 52.1 Å². The molecule has 0 aliphatic rings. The maximum atomic E-state index is 12.1. The lowest BCUT2D eigenvalue weighted by atomic mass is 10.1. The van der Waals surface area contributed by atoms with Gasteiger partial charge < -0.3 is 4.74 Å². The van der Waals surface area contributed by atoms with Crippen molar-refractivity contribution in [2.45, 2.75) is 58.0 Å². The molecule has 0 amide bonds. The van der Waals surface area contributed by atoms with Crippen LogP contribution in [0.4, 0.5) is 0 Å². The highest BCUT2D eigenvalue weighted by molar-refractivity contribution is 7.98. The summed E-state index contributed by atoms with van der Waals surface area (Å²) in [6.07, 6.45) is 7.38. The van der Waals surface area contributed by atoms with E-state index in [2.05, 4.69) is 16.9 Å². The number of carbonyl (C=O) groups excluding carboxylic acids is 1. The molecule has 0 saturated carbocycles. The standard InChI is InChI=1S/C15H24N2O2S/c1-5-7-8-9-10-12-13(14(18)19-6-2)11(3)16-15(17-12)20-4/h5-10H2,1-4H3. The Kier molecular flexibility index (Phi) is 7.59. The molecule has 4 nitrogen and oxygen atoms in total. The Morgan fingerprint density at radius 3 is 2.55 bits per heavy atom. The van der Waals surface area contributed by atoms with Crippen molar-refractivity contribution in [2.75, 3.05) is 12.9 Å². The van der Waals surface area contributed by atoms with Crippen molar-refractivity contribution in [1.82, 2.24) is 9.97 Å². The van der Waals surface area contributed by atoms with Gasteiger partial charge in [-0.05, 0) is 32.9 Å². The second kappa shape index (κ2) is 8.95. The monoisotopic (exact) mass is 296 g/mol. The molecule has 0 spiro atoms. The van der Waals surface area contributed by atoms with E-state index < -0.39 is 0 Å². The van der Waals surface area contributed by atoms with Crippen molar-refractivity contribution < 1.29 is 9.53 Å². The Labute approximate surface area is 125 Å². The summed E-state index contributed by atoms with van der Waals surface area (Å²) in [4.78, 5) is 20.9. The van der Waals surface area contributed by atoms with Crippen LogP contribution in [0.3, 0.4) is 0 Å². The normalized spacial score (nSPS) is 10.6. The second-order valence-corrected chi connectivity index (χ2v) is 5.42. The summed E-state index contributed by atoms with van der Waals surface area (Å²) in [7, 11) is 0. The lowest BCUT2D eigenvalue weighted by Gasteiger charge is -2.11. The van der Waals surface area contributed by atoms with Gasteiger partial charge in [0.1, 0.15) is 5.56 Å². The molecule has 0 aliphatic heterocycles. The number of hydrogen-bond acceptors (Lipinski definition) is 5. The number of unbranched alkanes of at least 4 members (excludes halogenated alkanes) is 3. The van der Waals surface area contributed by atoms with Crippen LogP contribution in [0.5, 0.6) is 0 Å². The molecule has 1 rings (SSSR count). The van der Waals surface area contributed by atoms with Crippen LogP contribution in [0, 0.1) is 6.92 Å². The third kappa shape index (κ3) is 4.78. The summed E-state index contributed by atoms with van der Waals surface area (Å²) in [6.45, 7) is 6.22. The third-order valence-electron chi connectivity index (χ3n) is 3.07. The zero-order valence-electron chi connectivity index (χ0n) is 12.9. The summed E-state index contributed by atoms with van der Waals surface area (Å²) in [5.74, 6) is -0.303. The number of aromatic nitrogens is 2. The highest BCUT2D eigenvalue weighted by Crippen LogP contribution is 2.19. The largest absolute Gasteiger partial charge is 0.462 e. The number of rotatable bonds is 8. The van der Waals surface area contributed by atoms with E-state index in [0.29, 0.717) is 17.9 Å². The minimum atomic E-state index is -0.303. The van der Waals surface area contributed by atoms with E-state index in [4.69, 9.17) is 4.74 Å². The lowest BCUT2D eigenvalue weighted by Crippen LogP contribution is -2.14. The first kappa shape index (κ1) is 17.0. The van der Waals surface area contributed by atoms with Gasteiger partial charge in [0.15, 0.2) is 5.16 Å². The molecule has 1 heterocycles. The molecule has 112 valence electrons. The first-order valence-electron chi connectivity index (χ1n) is 7.22. The number of thioether (sulfide) groups is 1. The average Bonchev–Trinajstić information content (AvgIpc) is 2.43. The Balaban J connectivity index is 2.96. The van der Waals surface area contributed by atoms with Gasteiger partial charge in [0.2, 0.25) is 0 Å². The molecular formula is C15H24N2O2S. The summed E-state index contributed by atoms with van der Waals surface area (Å²) >= 11 is 1.50. The molecule has 1 aromatic heterocycles. The van der Waals surface area contributed by atoms with E-state index in [-0.39, 0.29) is 5.97 Å². The molecule has 0 radical (unpaired) electrons. The van der Waals surface area contributed by atoms with E-state index in [0.717, 1.165) is 30.1 Å². The Morgan fingerprint density at radius 1 is 1.20 bits per heavy atom. The van der Waals surface area contributed by atoms with Gasteiger partial charge in [-0.15, -0.1) is 0 Å². The van der Waals surface area contributed by atoms with E-state index in [1.807, 2.05) is 20.1 Å². The van der Waals surface area contributed by atoms with Gasteiger partial charge in [0.05, 0.1) is 18.0 Å². The highest BCUT2D eigenvalue weighted by Gasteiger charge is 2.19. The highest BCUT2D eigenvalue weighted by atomic mass is 32.2. The molecule has 0 fully saturated rings. The van der Waals surface area contributed by atoms with Crippen molar-refractivity contribution in [3.63, 3.8) is 0 Å². The number of carbonyl (C=O) groups is 1. The van der Waals surface area contributed by atoms with Crippen LogP contribution < -0.4 is 0 Å². The smallest absolute Gasteiger partial charge is 0.341 e. The van der Waals surface area contributed by atoms with Crippen molar-refractivity contribution in [1.29, 1.82) is 0 Å². The van der Waals surface area contributed by atoms with Crippen molar-refractivity contribution in [3.05, 3.63) is 17.0 Å². The predicted molar refractivity (Wildman–Crippen MR) is 82.4 cm³/mol. The Hall–Kier alpha value is -1.10. The van der Waals surface area contributed by atoms with Crippen molar-refractivity contribution in [2.24, 2.45) is 0 Å². The maximum Gasteiger partial charge on any atom is 0.341 e. The van der Waals surface area contributed by atoms with E-state index in [9.17, 15) is 4.79 Å². The van der Waals surface area contributed by atoms with Crippen LogP contribution in [0.2, 0.25) is 0 Å². The summed E-state index contributed by atoms with van der Waals surface area (Å²) in [5.41, 5.74) is 2.10. The second-order valence-electron chi connectivity index (χ2n) is 4.65. The molecule has 0 aliphatic carbocycles. The summed E-state index contributed by atoms with van der Waals surface area (Å²) in [5, 5.41) is 0.723. The zero-order valence-corrected chi connectivity index (χ0v) is 13.7. The molecule has 0 bridgehead atoms. The Bertz CT molecular complexity index is 450. The first-order valence-corrected chi connectivity index (χ1v) is 8.45. The van der Waals surface area contributed by atoms with Crippen LogP contribution in [-0.2, 0) is 11.2 Å². The minimum Gasteiger partial charge on any atom is -0.462 e. The maximum absolute atomic E-state index is 12.1. The van der Waals surface area contributed by atoms with Gasteiger partial charge in [-0.1, -0.05) is 37.9 Å². The van der Waals surface area contributed by atoms with E-state index >= 15 is 0 Å². The Morgan fingerprint density at radius 2 is 1.95 bits per heavy atom. The quantitative estimate of drug-likeness (QED) is 0.316. The van der Waals surface area contributed by atoms with Gasteiger partial charge in [0.25, 0.3) is 0 Å². The molecule has 1 aromatic rings. The fraction of sp³-hybridized carbons (Fsp3) is 0.667.